The first kappa shape index (κ1) is 12.4. The van der Waals surface area contributed by atoms with E-state index in [1.54, 1.807) is 6.92 Å². The molecule has 0 radical (unpaired) electrons. The Kier molecular flexibility index (Phi) is 3.72. The fourth-order valence-corrected chi connectivity index (χ4v) is 1.95. The zero-order valence-corrected chi connectivity index (χ0v) is 11.0. The number of halogens is 1. The van der Waals surface area contributed by atoms with Crippen LogP contribution in [-0.4, -0.2) is 27.4 Å². The van der Waals surface area contributed by atoms with E-state index in [0.717, 1.165) is 18.1 Å². The molecule has 1 aromatic rings. The molecule has 1 aromatic heterocycles. The average Bonchev–Trinajstić information content (AvgIpc) is 3.05. The number of nitrogens with one attached hydrogen (secondary N) is 1. The first-order valence-corrected chi connectivity index (χ1v) is 6.47. The Bertz CT molecular complexity index is 410. The van der Waals surface area contributed by atoms with Gasteiger partial charge in [-0.25, -0.2) is 4.98 Å². The van der Waals surface area contributed by atoms with Gasteiger partial charge in [0.25, 0.3) is 0 Å². The van der Waals surface area contributed by atoms with Gasteiger partial charge >= 0.3 is 0 Å². The lowest BCUT2D eigenvalue weighted by molar-refractivity contribution is -0.120. The molecule has 1 fully saturated rings. The van der Waals surface area contributed by atoms with Crippen LogP contribution in [0.5, 0.6) is 0 Å². The Hall–Kier alpha value is -1.03. The van der Waals surface area contributed by atoms with Crippen LogP contribution < -0.4 is 5.32 Å². The van der Waals surface area contributed by atoms with E-state index in [4.69, 9.17) is 11.6 Å². The molecule has 4 nitrogen and oxygen atoms in total. The fraction of sp³-hybridized carbons (Fsp3) is 0.667. The highest BCUT2D eigenvalue weighted by molar-refractivity contribution is 6.30. The smallest absolute Gasteiger partial charge is 0.237 e. The predicted molar refractivity (Wildman–Crippen MR) is 67.3 cm³/mol. The van der Waals surface area contributed by atoms with Crippen LogP contribution >= 0.6 is 11.6 Å². The van der Waals surface area contributed by atoms with Crippen LogP contribution in [0.1, 0.15) is 37.2 Å². The summed E-state index contributed by atoms with van der Waals surface area (Å²) in [6.45, 7) is 5.10. The molecule has 1 aliphatic rings. The van der Waals surface area contributed by atoms with E-state index in [1.807, 2.05) is 13.1 Å². The minimum atomic E-state index is -0.471. The van der Waals surface area contributed by atoms with Gasteiger partial charge in [0.15, 0.2) is 0 Å². The molecule has 1 N–H and O–H groups in total. The van der Waals surface area contributed by atoms with Crippen molar-refractivity contribution in [2.24, 2.45) is 0 Å². The molecule has 0 spiro atoms. The van der Waals surface area contributed by atoms with E-state index in [2.05, 4.69) is 14.9 Å². The van der Waals surface area contributed by atoms with Crippen molar-refractivity contribution < 1.29 is 4.79 Å². The molecule has 0 bridgehead atoms. The van der Waals surface area contributed by atoms with Crippen LogP contribution in [0.15, 0.2) is 6.20 Å². The van der Waals surface area contributed by atoms with Crippen LogP contribution in [0.3, 0.4) is 0 Å². The molecule has 1 aliphatic carbocycles. The first-order chi connectivity index (χ1) is 8.09. The van der Waals surface area contributed by atoms with Crippen molar-refractivity contribution >= 4 is 17.5 Å². The van der Waals surface area contributed by atoms with Crippen molar-refractivity contribution in [1.29, 1.82) is 0 Å². The van der Waals surface area contributed by atoms with Crippen molar-refractivity contribution in [3.05, 3.63) is 17.7 Å². The van der Waals surface area contributed by atoms with Crippen molar-refractivity contribution in [1.82, 2.24) is 14.9 Å². The third-order valence-corrected chi connectivity index (χ3v) is 3.22. The topological polar surface area (TPSA) is 46.9 Å². The quantitative estimate of drug-likeness (QED) is 0.816. The number of hydrogen-bond donors (Lipinski definition) is 1. The highest BCUT2D eigenvalue weighted by atomic mass is 35.5. The Morgan fingerprint density at radius 3 is 3.00 bits per heavy atom. The Morgan fingerprint density at radius 1 is 1.71 bits per heavy atom. The molecular formula is C12H18ClN3O. The average molecular weight is 256 g/mol. The molecule has 1 unspecified atom stereocenters. The van der Waals surface area contributed by atoms with Gasteiger partial charge in [0.05, 0.1) is 0 Å². The van der Waals surface area contributed by atoms with E-state index in [1.165, 1.54) is 12.8 Å². The van der Waals surface area contributed by atoms with Gasteiger partial charge in [-0.2, -0.15) is 0 Å². The minimum Gasteiger partial charge on any atom is -0.353 e. The lowest BCUT2D eigenvalue weighted by Crippen LogP contribution is -2.32. The molecule has 1 saturated carbocycles. The second-order valence-corrected chi connectivity index (χ2v) is 5.25. The van der Waals surface area contributed by atoms with Crippen molar-refractivity contribution in [2.45, 2.75) is 44.5 Å². The third-order valence-electron chi connectivity index (χ3n) is 3.02. The summed E-state index contributed by atoms with van der Waals surface area (Å²) in [4.78, 5) is 15.8. The molecule has 1 atom stereocenters. The molecule has 0 aliphatic heterocycles. The maximum Gasteiger partial charge on any atom is 0.237 e. The van der Waals surface area contributed by atoms with Crippen molar-refractivity contribution in [3.63, 3.8) is 0 Å². The van der Waals surface area contributed by atoms with Gasteiger partial charge in [-0.1, -0.05) is 0 Å². The number of carbonyl (C=O) groups excluding carboxylic acids is 1. The maximum absolute atomic E-state index is 11.3. The number of amides is 1. The molecule has 94 valence electrons. The molecule has 0 saturated heterocycles. The zero-order chi connectivity index (χ0) is 12.4. The summed E-state index contributed by atoms with van der Waals surface area (Å²) < 4.78 is 2.19. The van der Waals surface area contributed by atoms with Gasteiger partial charge in [-0.15, -0.1) is 11.6 Å². The summed E-state index contributed by atoms with van der Waals surface area (Å²) in [6.07, 6.45) is 4.38. The number of aromatic nitrogens is 2. The highest BCUT2D eigenvalue weighted by Gasteiger charge is 2.28. The summed E-state index contributed by atoms with van der Waals surface area (Å²) in [5.74, 6) is 1.68. The number of imidazole rings is 1. The summed E-state index contributed by atoms with van der Waals surface area (Å²) in [5.41, 5.74) is 1.15. The Labute approximate surface area is 106 Å². The largest absolute Gasteiger partial charge is 0.353 e. The third kappa shape index (κ3) is 3.00. The second-order valence-electron chi connectivity index (χ2n) is 4.59. The van der Waals surface area contributed by atoms with Crippen LogP contribution in [0.4, 0.5) is 0 Å². The van der Waals surface area contributed by atoms with E-state index >= 15 is 0 Å². The number of nitrogens with zero attached hydrogens (tertiary/aromatic N) is 2. The number of hydrogen-bond acceptors (Lipinski definition) is 2. The minimum absolute atomic E-state index is 0.114. The standard InChI is InChI=1S/C12H18ClN3O/c1-8-7-15-11(10-3-4-10)16(8)6-5-14-12(17)9(2)13/h7,9-10H,3-6H2,1-2H3,(H,14,17). The van der Waals surface area contributed by atoms with E-state index in [-0.39, 0.29) is 5.91 Å². The Morgan fingerprint density at radius 2 is 2.41 bits per heavy atom. The lowest BCUT2D eigenvalue weighted by Gasteiger charge is -2.11. The van der Waals surface area contributed by atoms with Gasteiger partial charge in [-0.05, 0) is 26.7 Å². The van der Waals surface area contributed by atoms with E-state index in [0.29, 0.717) is 12.5 Å². The van der Waals surface area contributed by atoms with Gasteiger partial charge in [-0.3, -0.25) is 4.79 Å². The van der Waals surface area contributed by atoms with Gasteiger partial charge in [0, 0.05) is 30.9 Å². The molecule has 0 aromatic carbocycles. The first-order valence-electron chi connectivity index (χ1n) is 6.03. The molecule has 2 rings (SSSR count). The summed E-state index contributed by atoms with van der Waals surface area (Å²) in [7, 11) is 0. The van der Waals surface area contributed by atoms with Crippen molar-refractivity contribution in [3.8, 4) is 0 Å². The lowest BCUT2D eigenvalue weighted by atomic mass is 10.3. The van der Waals surface area contributed by atoms with Gasteiger partial charge < -0.3 is 9.88 Å². The van der Waals surface area contributed by atoms with Crippen LogP contribution in [0, 0.1) is 6.92 Å². The summed E-state index contributed by atoms with van der Waals surface area (Å²) in [5, 5.41) is 2.34. The highest BCUT2D eigenvalue weighted by Crippen LogP contribution is 2.39. The summed E-state index contributed by atoms with van der Waals surface area (Å²) >= 11 is 5.68. The van der Waals surface area contributed by atoms with Crippen molar-refractivity contribution in [2.75, 3.05) is 6.54 Å². The second kappa shape index (κ2) is 5.08. The monoisotopic (exact) mass is 255 g/mol. The molecule has 1 heterocycles. The number of rotatable bonds is 5. The zero-order valence-electron chi connectivity index (χ0n) is 10.2. The van der Waals surface area contributed by atoms with E-state index < -0.39 is 5.38 Å². The van der Waals surface area contributed by atoms with Crippen LogP contribution in [-0.2, 0) is 11.3 Å². The number of aryl methyl sites for hydroxylation is 1. The number of carbonyl (C=O) groups is 1. The summed E-state index contributed by atoms with van der Waals surface area (Å²) in [6, 6.07) is 0. The predicted octanol–water partition coefficient (Wildman–Crippen LogP) is 1.81. The van der Waals surface area contributed by atoms with Crippen LogP contribution in [0.25, 0.3) is 0 Å². The maximum atomic E-state index is 11.3. The van der Waals surface area contributed by atoms with E-state index in [9.17, 15) is 4.79 Å². The molecule has 17 heavy (non-hydrogen) atoms. The molecular weight excluding hydrogens is 238 g/mol. The number of alkyl halides is 1. The van der Waals surface area contributed by atoms with Gasteiger partial charge in [0.1, 0.15) is 11.2 Å². The SMILES string of the molecule is Cc1cnc(C2CC2)n1CCNC(=O)C(C)Cl. The fourth-order valence-electron chi connectivity index (χ4n) is 1.87. The normalized spacial score (nSPS) is 16.9. The van der Waals surface area contributed by atoms with Gasteiger partial charge in [0.2, 0.25) is 5.91 Å². The Balaban J connectivity index is 1.90. The molecule has 5 heteroatoms. The van der Waals surface area contributed by atoms with Crippen LogP contribution in [0.2, 0.25) is 0 Å². The molecule has 1 amide bonds.